The standard InChI is InChI=1S/C40H42N4O4/c1-4-5-21-31(37(41)46)33(24-26(2)3)39(47)43-38-40(48)44(30-20-14-19-29(25-30)36(45)28-17-10-7-11-18-28)34-23-13-12-22-32(34)35(42-38)27-15-8-6-9-16-27/h6-20,22-23,25-26,31,33,38H,4-5,21,24H2,1-3H3,(H2,41,46)(H,43,47)/t31-,33+,38?/m0/s1. The zero-order valence-electron chi connectivity index (χ0n) is 27.6. The molecule has 1 aliphatic rings. The molecule has 0 bridgehead atoms. The molecule has 3 atom stereocenters. The summed E-state index contributed by atoms with van der Waals surface area (Å²) in [6.07, 6.45) is 1.17. The Balaban J connectivity index is 1.62. The van der Waals surface area contributed by atoms with Gasteiger partial charge in [-0.2, -0.15) is 0 Å². The molecule has 8 heteroatoms. The van der Waals surface area contributed by atoms with Crippen LogP contribution < -0.4 is 16.0 Å². The molecule has 0 saturated heterocycles. The Kier molecular flexibility index (Phi) is 11.0. The number of nitrogens with two attached hydrogens (primary N) is 1. The van der Waals surface area contributed by atoms with Gasteiger partial charge in [-0.1, -0.05) is 125 Å². The summed E-state index contributed by atoms with van der Waals surface area (Å²) in [7, 11) is 0. The third kappa shape index (κ3) is 7.60. The van der Waals surface area contributed by atoms with Crippen molar-refractivity contribution in [2.75, 3.05) is 4.90 Å². The number of benzene rings is 4. The predicted octanol–water partition coefficient (Wildman–Crippen LogP) is 6.83. The van der Waals surface area contributed by atoms with Gasteiger partial charge >= 0.3 is 0 Å². The summed E-state index contributed by atoms with van der Waals surface area (Å²) >= 11 is 0. The van der Waals surface area contributed by atoms with Gasteiger partial charge in [0.2, 0.25) is 18.0 Å². The van der Waals surface area contributed by atoms with Crippen molar-refractivity contribution in [1.82, 2.24) is 5.32 Å². The van der Waals surface area contributed by atoms with Gasteiger partial charge in [0.15, 0.2) is 5.78 Å². The molecule has 5 rings (SSSR count). The van der Waals surface area contributed by atoms with Crippen LogP contribution in [-0.2, 0) is 14.4 Å². The lowest BCUT2D eigenvalue weighted by atomic mass is 9.81. The van der Waals surface area contributed by atoms with E-state index in [9.17, 15) is 19.2 Å². The highest BCUT2D eigenvalue weighted by molar-refractivity contribution is 6.22. The van der Waals surface area contributed by atoms with E-state index in [2.05, 4.69) is 5.32 Å². The van der Waals surface area contributed by atoms with Crippen LogP contribution in [0.4, 0.5) is 11.4 Å². The Hall–Kier alpha value is -5.37. The van der Waals surface area contributed by atoms with E-state index in [1.54, 1.807) is 48.5 Å². The number of ketones is 1. The fraction of sp³-hybridized carbons (Fsp3) is 0.275. The van der Waals surface area contributed by atoms with Gasteiger partial charge in [0.25, 0.3) is 5.91 Å². The molecule has 4 aromatic rings. The average Bonchev–Trinajstić information content (AvgIpc) is 3.22. The zero-order valence-corrected chi connectivity index (χ0v) is 27.6. The van der Waals surface area contributed by atoms with E-state index in [0.29, 0.717) is 46.6 Å². The molecule has 0 saturated carbocycles. The molecule has 4 aromatic carbocycles. The molecule has 246 valence electrons. The number of hydrogen-bond acceptors (Lipinski definition) is 5. The van der Waals surface area contributed by atoms with Gasteiger partial charge in [-0.15, -0.1) is 0 Å². The number of unbranched alkanes of at least 4 members (excludes halogenated alkanes) is 1. The van der Waals surface area contributed by atoms with Crippen LogP contribution in [-0.4, -0.2) is 35.4 Å². The molecule has 8 nitrogen and oxygen atoms in total. The number of para-hydroxylation sites is 1. The van der Waals surface area contributed by atoms with Crippen molar-refractivity contribution in [2.45, 2.75) is 52.6 Å². The van der Waals surface area contributed by atoms with Crippen LogP contribution in [0.3, 0.4) is 0 Å². The number of nitrogens with one attached hydrogen (secondary N) is 1. The van der Waals surface area contributed by atoms with Crippen LogP contribution in [0.2, 0.25) is 0 Å². The van der Waals surface area contributed by atoms with E-state index in [1.807, 2.05) is 81.4 Å². The van der Waals surface area contributed by atoms with Gasteiger partial charge in [-0.05, 0) is 37.0 Å². The molecule has 1 aliphatic heterocycles. The second-order valence-electron chi connectivity index (χ2n) is 12.6. The number of rotatable bonds is 13. The van der Waals surface area contributed by atoms with E-state index in [1.165, 1.54) is 4.90 Å². The largest absolute Gasteiger partial charge is 0.369 e. The minimum absolute atomic E-state index is 0.100. The van der Waals surface area contributed by atoms with Crippen molar-refractivity contribution in [1.29, 1.82) is 0 Å². The Morgan fingerprint density at radius 3 is 2.15 bits per heavy atom. The van der Waals surface area contributed by atoms with Gasteiger partial charge in [-0.25, -0.2) is 4.99 Å². The maximum Gasteiger partial charge on any atom is 0.276 e. The van der Waals surface area contributed by atoms with Gasteiger partial charge in [0, 0.05) is 39.8 Å². The van der Waals surface area contributed by atoms with Gasteiger partial charge in [0.05, 0.1) is 11.4 Å². The molecule has 0 aromatic heterocycles. The lowest BCUT2D eigenvalue weighted by Crippen LogP contribution is -2.50. The number of carbonyl (C=O) groups is 4. The van der Waals surface area contributed by atoms with Crippen molar-refractivity contribution < 1.29 is 19.2 Å². The topological polar surface area (TPSA) is 122 Å². The van der Waals surface area contributed by atoms with Crippen molar-refractivity contribution >= 4 is 40.6 Å². The molecule has 1 heterocycles. The Morgan fingerprint density at radius 2 is 1.48 bits per heavy atom. The summed E-state index contributed by atoms with van der Waals surface area (Å²) in [5.74, 6) is -2.97. The summed E-state index contributed by atoms with van der Waals surface area (Å²) in [5, 5.41) is 2.93. The molecule has 0 spiro atoms. The first kappa shape index (κ1) is 34.0. The van der Waals surface area contributed by atoms with E-state index in [0.717, 1.165) is 18.4 Å². The Bertz CT molecular complexity index is 1800. The van der Waals surface area contributed by atoms with Crippen LogP contribution in [0.25, 0.3) is 0 Å². The third-order valence-electron chi connectivity index (χ3n) is 8.62. The number of fused-ring (bicyclic) bond motifs is 1. The molecule has 3 amide bonds. The fourth-order valence-corrected chi connectivity index (χ4v) is 6.26. The van der Waals surface area contributed by atoms with Crippen LogP contribution in [0, 0.1) is 17.8 Å². The maximum absolute atomic E-state index is 14.7. The first-order valence-electron chi connectivity index (χ1n) is 16.6. The summed E-state index contributed by atoms with van der Waals surface area (Å²) in [6.45, 7) is 6.00. The van der Waals surface area contributed by atoms with Gasteiger partial charge < -0.3 is 11.1 Å². The maximum atomic E-state index is 14.7. The summed E-state index contributed by atoms with van der Waals surface area (Å²) in [6, 6.07) is 32.8. The lowest BCUT2D eigenvalue weighted by molar-refractivity contribution is -0.136. The molecule has 0 fully saturated rings. The predicted molar refractivity (Wildman–Crippen MR) is 189 cm³/mol. The first-order valence-corrected chi connectivity index (χ1v) is 16.6. The summed E-state index contributed by atoms with van der Waals surface area (Å²) in [5.41, 5.74) is 9.80. The molecule has 1 unspecified atom stereocenters. The number of hydrogen-bond donors (Lipinski definition) is 2. The second-order valence-corrected chi connectivity index (χ2v) is 12.6. The Morgan fingerprint density at radius 1 is 0.833 bits per heavy atom. The van der Waals surface area contributed by atoms with Crippen LogP contribution >= 0.6 is 0 Å². The van der Waals surface area contributed by atoms with Crippen LogP contribution in [0.15, 0.2) is 114 Å². The average molecular weight is 643 g/mol. The lowest BCUT2D eigenvalue weighted by Gasteiger charge is -2.29. The second kappa shape index (κ2) is 15.5. The van der Waals surface area contributed by atoms with E-state index in [4.69, 9.17) is 10.7 Å². The quantitative estimate of drug-likeness (QED) is 0.155. The minimum Gasteiger partial charge on any atom is -0.369 e. The van der Waals surface area contributed by atoms with Crippen molar-refractivity contribution in [3.05, 3.63) is 131 Å². The molecule has 0 aliphatic carbocycles. The van der Waals surface area contributed by atoms with E-state index >= 15 is 0 Å². The zero-order chi connectivity index (χ0) is 34.2. The SMILES string of the molecule is CCCC[C@H](C(N)=O)[C@@H](CC(C)C)C(=O)NC1N=C(c2ccccc2)c2ccccc2N(c2cccc(C(=O)c3ccccc3)c2)C1=O. The summed E-state index contributed by atoms with van der Waals surface area (Å²) in [4.78, 5) is 61.5. The van der Waals surface area contributed by atoms with E-state index in [-0.39, 0.29) is 11.7 Å². The highest BCUT2D eigenvalue weighted by Crippen LogP contribution is 2.35. The Labute approximate surface area is 282 Å². The molecule has 0 radical (unpaired) electrons. The minimum atomic E-state index is -1.33. The molecule has 48 heavy (non-hydrogen) atoms. The molecular weight excluding hydrogens is 600 g/mol. The highest BCUT2D eigenvalue weighted by Gasteiger charge is 2.38. The highest BCUT2D eigenvalue weighted by atomic mass is 16.2. The van der Waals surface area contributed by atoms with Gasteiger partial charge in [-0.3, -0.25) is 24.1 Å². The normalized spacial score (nSPS) is 15.6. The number of nitrogens with zero attached hydrogens (tertiary/aromatic N) is 2. The van der Waals surface area contributed by atoms with E-state index < -0.39 is 35.7 Å². The summed E-state index contributed by atoms with van der Waals surface area (Å²) < 4.78 is 0. The third-order valence-corrected chi connectivity index (χ3v) is 8.62. The number of amides is 3. The number of carbonyl (C=O) groups excluding carboxylic acids is 4. The van der Waals surface area contributed by atoms with Crippen molar-refractivity contribution in [3.63, 3.8) is 0 Å². The number of aliphatic imine (C=N–C) groups is 1. The number of anilines is 2. The van der Waals surface area contributed by atoms with Crippen LogP contribution in [0.1, 0.15) is 73.5 Å². The molecule has 3 N–H and O–H groups in total. The smallest absolute Gasteiger partial charge is 0.276 e. The first-order chi connectivity index (χ1) is 23.2. The number of primary amides is 1. The van der Waals surface area contributed by atoms with Crippen LogP contribution in [0.5, 0.6) is 0 Å². The van der Waals surface area contributed by atoms with Crippen molar-refractivity contribution in [3.8, 4) is 0 Å². The van der Waals surface area contributed by atoms with Gasteiger partial charge in [0.1, 0.15) is 0 Å². The van der Waals surface area contributed by atoms with Crippen molar-refractivity contribution in [2.24, 2.45) is 28.5 Å². The molecular formula is C40H42N4O4. The number of benzodiazepines with no additional fused rings is 1. The fourth-order valence-electron chi connectivity index (χ4n) is 6.26. The monoisotopic (exact) mass is 642 g/mol.